The number of hydrogen-bond acceptors (Lipinski definition) is 2. The molecule has 3 nitrogen and oxygen atoms in total. The van der Waals surface area contributed by atoms with Gasteiger partial charge in [0.25, 0.3) is 0 Å². The lowest BCUT2D eigenvalue weighted by Crippen LogP contribution is -2.23. The fourth-order valence-corrected chi connectivity index (χ4v) is 2.87. The number of allylic oxidation sites excluding steroid dienone is 1. The van der Waals surface area contributed by atoms with Crippen molar-refractivity contribution in [3.8, 4) is 5.75 Å². The molecule has 1 aromatic heterocycles. The number of nitrogens with zero attached hydrogens (tertiary/aromatic N) is 2. The van der Waals surface area contributed by atoms with Crippen LogP contribution in [0.1, 0.15) is 50.1 Å². The predicted octanol–water partition coefficient (Wildman–Crippen LogP) is 5.76. The number of likely N-dealkylation sites (N-methyl/N-ethyl adjacent to an activating group) is 1. The summed E-state index contributed by atoms with van der Waals surface area (Å²) in [6, 6.07) is 10.1. The summed E-state index contributed by atoms with van der Waals surface area (Å²) in [6.07, 6.45) is 4.32. The fourth-order valence-electron chi connectivity index (χ4n) is 2.87. The number of aryl methyl sites for hydroxylation is 3. The Hall–Kier alpha value is -2.42. The highest BCUT2D eigenvalue weighted by Gasteiger charge is 2.15. The summed E-state index contributed by atoms with van der Waals surface area (Å²) in [7, 11) is 4.11. The standard InChI is InChI=1S/C13H20N2.C10H14O/c1-10(2)11(3)15(6)12(4)13-8-7-9-14(13)5;1-3-4-9-5-6-10(11)7-8(9)2/h7-9,12H,1,3H2,2,4-6H3;5-7,11H,3-4H2,1-2H3. The van der Waals surface area contributed by atoms with Gasteiger partial charge in [-0.15, -0.1) is 0 Å². The van der Waals surface area contributed by atoms with E-state index in [1.54, 1.807) is 6.07 Å². The van der Waals surface area contributed by atoms with Crippen LogP contribution < -0.4 is 0 Å². The zero-order chi connectivity index (χ0) is 19.9. The Morgan fingerprint density at radius 3 is 2.38 bits per heavy atom. The lowest BCUT2D eigenvalue weighted by Gasteiger charge is -2.29. The molecule has 0 aliphatic carbocycles. The first-order valence-corrected chi connectivity index (χ1v) is 9.16. The molecule has 1 aromatic carbocycles. The maximum absolute atomic E-state index is 9.11. The maximum Gasteiger partial charge on any atom is 0.115 e. The number of phenols is 1. The summed E-state index contributed by atoms with van der Waals surface area (Å²) in [6.45, 7) is 16.3. The third kappa shape index (κ3) is 5.83. The summed E-state index contributed by atoms with van der Waals surface area (Å²) in [5.74, 6) is 0.363. The second kappa shape index (κ2) is 9.91. The highest BCUT2D eigenvalue weighted by molar-refractivity contribution is 5.33. The first-order chi connectivity index (χ1) is 12.2. The third-order valence-corrected chi connectivity index (χ3v) is 4.76. The molecular formula is C23H34N2O. The minimum absolute atomic E-state index is 0.314. The molecule has 0 spiro atoms. The molecule has 0 aliphatic rings. The normalized spacial score (nSPS) is 11.3. The molecule has 1 atom stereocenters. The number of aromatic nitrogens is 1. The maximum atomic E-state index is 9.11. The zero-order valence-corrected chi connectivity index (χ0v) is 17.2. The number of rotatable bonds is 6. The molecule has 0 radical (unpaired) electrons. The Labute approximate surface area is 159 Å². The molecule has 1 N–H and O–H groups in total. The molecule has 2 rings (SSSR count). The first-order valence-electron chi connectivity index (χ1n) is 9.16. The van der Waals surface area contributed by atoms with Gasteiger partial charge in [0.15, 0.2) is 0 Å². The molecule has 0 bridgehead atoms. The van der Waals surface area contributed by atoms with Crippen LogP contribution in [0.2, 0.25) is 0 Å². The van der Waals surface area contributed by atoms with Crippen molar-refractivity contribution in [2.45, 2.75) is 46.6 Å². The topological polar surface area (TPSA) is 28.4 Å². The SMILES string of the molecule is C=C(C)C(=C)N(C)C(C)c1cccn1C.CCCc1ccc(O)cc1C. The van der Waals surface area contributed by atoms with Crippen molar-refractivity contribution in [2.24, 2.45) is 7.05 Å². The minimum Gasteiger partial charge on any atom is -0.508 e. The highest BCUT2D eigenvalue weighted by atomic mass is 16.3. The summed E-state index contributed by atoms with van der Waals surface area (Å²) >= 11 is 0. The van der Waals surface area contributed by atoms with Gasteiger partial charge in [-0.3, -0.25) is 0 Å². The van der Waals surface area contributed by atoms with Gasteiger partial charge in [0.05, 0.1) is 6.04 Å². The van der Waals surface area contributed by atoms with Crippen LogP contribution >= 0.6 is 0 Å². The van der Waals surface area contributed by atoms with Gasteiger partial charge in [-0.2, -0.15) is 0 Å². The van der Waals surface area contributed by atoms with Gasteiger partial charge in [-0.05, 0) is 68.2 Å². The molecule has 0 saturated carbocycles. The molecule has 2 aromatic rings. The Kier molecular flexibility index (Phi) is 8.24. The second-order valence-corrected chi connectivity index (χ2v) is 6.92. The Morgan fingerprint density at radius 1 is 1.27 bits per heavy atom. The first kappa shape index (κ1) is 21.6. The van der Waals surface area contributed by atoms with E-state index in [4.69, 9.17) is 5.11 Å². The molecule has 0 fully saturated rings. The second-order valence-electron chi connectivity index (χ2n) is 6.92. The van der Waals surface area contributed by atoms with Gasteiger partial charge in [0.1, 0.15) is 5.75 Å². The number of phenolic OH excluding ortho intramolecular Hbond substituents is 1. The predicted molar refractivity (Wildman–Crippen MR) is 112 cm³/mol. The lowest BCUT2D eigenvalue weighted by atomic mass is 10.0. The minimum atomic E-state index is 0.314. The van der Waals surface area contributed by atoms with E-state index < -0.39 is 0 Å². The van der Waals surface area contributed by atoms with Gasteiger partial charge in [0, 0.05) is 31.7 Å². The van der Waals surface area contributed by atoms with Crippen molar-refractivity contribution in [3.05, 3.63) is 77.8 Å². The van der Waals surface area contributed by atoms with Crippen LogP contribution in [0.15, 0.2) is 61.0 Å². The van der Waals surface area contributed by atoms with Gasteiger partial charge in [-0.25, -0.2) is 0 Å². The summed E-state index contributed by atoms with van der Waals surface area (Å²) in [4.78, 5) is 2.15. The van der Waals surface area contributed by atoms with Gasteiger partial charge < -0.3 is 14.6 Å². The monoisotopic (exact) mass is 354 g/mol. The summed E-state index contributed by atoms with van der Waals surface area (Å²) < 4.78 is 2.13. The van der Waals surface area contributed by atoms with Crippen LogP contribution in [0.25, 0.3) is 0 Å². The molecule has 26 heavy (non-hydrogen) atoms. The van der Waals surface area contributed by atoms with E-state index in [0.717, 1.165) is 24.1 Å². The fraction of sp³-hybridized carbons (Fsp3) is 0.391. The van der Waals surface area contributed by atoms with Gasteiger partial charge in [0.2, 0.25) is 0 Å². The van der Waals surface area contributed by atoms with E-state index in [1.807, 2.05) is 26.0 Å². The van der Waals surface area contributed by atoms with Crippen molar-refractivity contribution in [1.82, 2.24) is 9.47 Å². The van der Waals surface area contributed by atoms with Crippen molar-refractivity contribution >= 4 is 0 Å². The summed E-state index contributed by atoms with van der Waals surface area (Å²) in [5.41, 5.74) is 5.80. The molecule has 1 unspecified atom stereocenters. The van der Waals surface area contributed by atoms with Crippen LogP contribution in [0, 0.1) is 6.92 Å². The van der Waals surface area contributed by atoms with Crippen LogP contribution in [0.4, 0.5) is 0 Å². The summed E-state index contributed by atoms with van der Waals surface area (Å²) in [5, 5.41) is 9.11. The molecule has 1 heterocycles. The third-order valence-electron chi connectivity index (χ3n) is 4.76. The van der Waals surface area contributed by atoms with E-state index >= 15 is 0 Å². The number of benzene rings is 1. The molecule has 0 saturated heterocycles. The molecule has 0 amide bonds. The molecule has 3 heteroatoms. The largest absolute Gasteiger partial charge is 0.508 e. The van der Waals surface area contributed by atoms with Crippen molar-refractivity contribution in [3.63, 3.8) is 0 Å². The van der Waals surface area contributed by atoms with Crippen LogP contribution in [-0.4, -0.2) is 21.6 Å². The number of hydrogen-bond donors (Lipinski definition) is 1. The highest BCUT2D eigenvalue weighted by Crippen LogP contribution is 2.24. The van der Waals surface area contributed by atoms with Crippen molar-refractivity contribution < 1.29 is 5.11 Å². The average Bonchev–Trinajstić information content (AvgIpc) is 3.02. The van der Waals surface area contributed by atoms with Crippen LogP contribution in [-0.2, 0) is 13.5 Å². The lowest BCUT2D eigenvalue weighted by molar-refractivity contribution is 0.326. The van der Waals surface area contributed by atoms with Gasteiger partial charge >= 0.3 is 0 Å². The van der Waals surface area contributed by atoms with Crippen LogP contribution in [0.5, 0.6) is 5.75 Å². The van der Waals surface area contributed by atoms with E-state index in [2.05, 4.69) is 68.9 Å². The van der Waals surface area contributed by atoms with Crippen molar-refractivity contribution in [2.75, 3.05) is 7.05 Å². The Bertz CT molecular complexity index is 742. The average molecular weight is 355 g/mol. The molecule has 142 valence electrons. The Balaban J connectivity index is 0.000000273. The molecule has 0 aliphatic heterocycles. The van der Waals surface area contributed by atoms with E-state index in [1.165, 1.54) is 16.8 Å². The Morgan fingerprint density at radius 2 is 1.92 bits per heavy atom. The van der Waals surface area contributed by atoms with Crippen molar-refractivity contribution in [1.29, 1.82) is 0 Å². The molecular weight excluding hydrogens is 320 g/mol. The quantitative estimate of drug-likeness (QED) is 0.668. The smallest absolute Gasteiger partial charge is 0.115 e. The van der Waals surface area contributed by atoms with E-state index in [0.29, 0.717) is 11.8 Å². The van der Waals surface area contributed by atoms with E-state index in [9.17, 15) is 0 Å². The van der Waals surface area contributed by atoms with Crippen LogP contribution in [0.3, 0.4) is 0 Å². The number of aromatic hydroxyl groups is 1. The zero-order valence-electron chi connectivity index (χ0n) is 17.2. The van der Waals surface area contributed by atoms with E-state index in [-0.39, 0.29) is 0 Å². The van der Waals surface area contributed by atoms with Gasteiger partial charge in [-0.1, -0.05) is 32.6 Å².